The number of anilines is 1. The number of thioether (sulfide) groups is 1. The highest BCUT2D eigenvalue weighted by molar-refractivity contribution is 7.98. The molecule has 1 aromatic heterocycles. The van der Waals surface area contributed by atoms with Gasteiger partial charge in [0.15, 0.2) is 5.13 Å². The maximum atomic E-state index is 13.2. The molecule has 7 nitrogen and oxygen atoms in total. The molecule has 2 unspecified atom stereocenters. The summed E-state index contributed by atoms with van der Waals surface area (Å²) in [6.07, 6.45) is 7.83. The Hall–Kier alpha value is -2.23. The zero-order valence-electron chi connectivity index (χ0n) is 18.4. The van der Waals surface area contributed by atoms with Gasteiger partial charge < -0.3 is 5.32 Å². The van der Waals surface area contributed by atoms with Crippen molar-refractivity contribution >= 4 is 46.0 Å². The SMILES string of the molecule is CSCCC(C(=O)Nc1ncc(CN2CCCCC2C)s1)N1C(=O)c2ccccc2C1=O. The van der Waals surface area contributed by atoms with Crippen molar-refractivity contribution in [1.29, 1.82) is 0 Å². The quantitative estimate of drug-likeness (QED) is 0.587. The topological polar surface area (TPSA) is 82.6 Å². The van der Waals surface area contributed by atoms with Crippen LogP contribution < -0.4 is 5.32 Å². The first kappa shape index (κ1) is 22.9. The van der Waals surface area contributed by atoms with Gasteiger partial charge in [0.25, 0.3) is 11.8 Å². The smallest absolute Gasteiger partial charge is 0.262 e. The van der Waals surface area contributed by atoms with Crippen LogP contribution in [0.15, 0.2) is 30.5 Å². The zero-order chi connectivity index (χ0) is 22.7. The van der Waals surface area contributed by atoms with Crippen LogP contribution in [0.25, 0.3) is 0 Å². The van der Waals surface area contributed by atoms with Crippen molar-refractivity contribution in [2.24, 2.45) is 0 Å². The third kappa shape index (κ3) is 4.74. The molecule has 0 aliphatic carbocycles. The predicted octanol–water partition coefficient (Wildman–Crippen LogP) is 3.87. The van der Waals surface area contributed by atoms with Crippen LogP contribution in [0.4, 0.5) is 5.13 Å². The molecule has 2 aromatic rings. The maximum Gasteiger partial charge on any atom is 0.262 e. The molecule has 2 aliphatic heterocycles. The first-order valence-electron chi connectivity index (χ1n) is 10.9. The van der Waals surface area contributed by atoms with E-state index >= 15 is 0 Å². The van der Waals surface area contributed by atoms with Gasteiger partial charge in [-0.3, -0.25) is 24.2 Å². The fourth-order valence-electron chi connectivity index (χ4n) is 4.32. The number of rotatable bonds is 8. The van der Waals surface area contributed by atoms with E-state index in [0.29, 0.717) is 34.5 Å². The molecule has 4 rings (SSSR count). The van der Waals surface area contributed by atoms with Gasteiger partial charge in [0, 0.05) is 23.7 Å². The first-order valence-corrected chi connectivity index (χ1v) is 13.2. The minimum Gasteiger partial charge on any atom is -0.300 e. The van der Waals surface area contributed by atoms with Crippen molar-refractivity contribution in [3.8, 4) is 0 Å². The van der Waals surface area contributed by atoms with Gasteiger partial charge in [-0.1, -0.05) is 18.6 Å². The summed E-state index contributed by atoms with van der Waals surface area (Å²) in [7, 11) is 0. The minimum atomic E-state index is -0.871. The molecular formula is C23H28N4O3S2. The van der Waals surface area contributed by atoms with Crippen LogP contribution >= 0.6 is 23.1 Å². The Morgan fingerprint density at radius 3 is 2.62 bits per heavy atom. The molecule has 0 bridgehead atoms. The number of nitrogens with one attached hydrogen (secondary N) is 1. The van der Waals surface area contributed by atoms with E-state index in [1.807, 2.05) is 6.26 Å². The van der Waals surface area contributed by atoms with E-state index in [9.17, 15) is 14.4 Å². The lowest BCUT2D eigenvalue weighted by Gasteiger charge is -2.32. The van der Waals surface area contributed by atoms with Crippen LogP contribution in [-0.4, -0.2) is 63.1 Å². The van der Waals surface area contributed by atoms with Crippen LogP contribution in [0.5, 0.6) is 0 Å². The Balaban J connectivity index is 1.47. The summed E-state index contributed by atoms with van der Waals surface area (Å²) in [6.45, 7) is 4.15. The number of amides is 3. The molecule has 0 radical (unpaired) electrons. The largest absolute Gasteiger partial charge is 0.300 e. The number of thiazole rings is 1. The van der Waals surface area contributed by atoms with Gasteiger partial charge in [0.05, 0.1) is 11.1 Å². The lowest BCUT2D eigenvalue weighted by Crippen LogP contribution is -2.47. The number of likely N-dealkylation sites (tertiary alicyclic amines) is 1. The van der Waals surface area contributed by atoms with Crippen molar-refractivity contribution in [2.75, 3.05) is 23.9 Å². The van der Waals surface area contributed by atoms with E-state index < -0.39 is 17.9 Å². The van der Waals surface area contributed by atoms with Gasteiger partial charge in [-0.05, 0) is 56.9 Å². The van der Waals surface area contributed by atoms with Crippen LogP contribution in [0.1, 0.15) is 58.2 Å². The van der Waals surface area contributed by atoms with Crippen molar-refractivity contribution in [2.45, 2.75) is 51.2 Å². The number of aromatic nitrogens is 1. The number of carbonyl (C=O) groups is 3. The highest BCUT2D eigenvalue weighted by Crippen LogP contribution is 2.28. The standard InChI is InChI=1S/C23H28N4O3S2/c1-15-7-5-6-11-26(15)14-16-13-24-23(32-16)25-20(28)19(10-12-31-2)27-21(29)17-8-3-4-9-18(17)22(27)30/h3-4,8-9,13,15,19H,5-7,10-12,14H2,1-2H3,(H,24,25,28). The summed E-state index contributed by atoms with van der Waals surface area (Å²) in [5, 5.41) is 3.36. The Labute approximate surface area is 196 Å². The molecule has 1 fully saturated rings. The van der Waals surface area contributed by atoms with E-state index in [1.165, 1.54) is 30.6 Å². The minimum absolute atomic E-state index is 0.353. The second kappa shape index (κ2) is 10.1. The normalized spacial score (nSPS) is 19.8. The van der Waals surface area contributed by atoms with Crippen LogP contribution in [0.2, 0.25) is 0 Å². The molecule has 170 valence electrons. The van der Waals surface area contributed by atoms with E-state index in [4.69, 9.17) is 0 Å². The van der Waals surface area contributed by atoms with Crippen LogP contribution in [-0.2, 0) is 11.3 Å². The fourth-order valence-corrected chi connectivity index (χ4v) is 5.62. The third-order valence-electron chi connectivity index (χ3n) is 6.12. The third-order valence-corrected chi connectivity index (χ3v) is 7.66. The second-order valence-corrected chi connectivity index (χ2v) is 10.4. The molecule has 0 saturated carbocycles. The number of hydrogen-bond donors (Lipinski definition) is 1. The number of carbonyl (C=O) groups excluding carboxylic acids is 3. The average molecular weight is 473 g/mol. The fraction of sp³-hybridized carbons (Fsp3) is 0.478. The van der Waals surface area contributed by atoms with Crippen molar-refractivity contribution in [3.63, 3.8) is 0 Å². The molecule has 3 amide bonds. The van der Waals surface area contributed by atoms with Crippen molar-refractivity contribution in [1.82, 2.24) is 14.8 Å². The number of benzene rings is 1. The summed E-state index contributed by atoms with van der Waals surface area (Å²) < 4.78 is 0. The average Bonchev–Trinajstić information content (AvgIpc) is 3.33. The molecular weight excluding hydrogens is 444 g/mol. The van der Waals surface area contributed by atoms with E-state index in [0.717, 1.165) is 22.9 Å². The Bertz CT molecular complexity index is 974. The molecule has 0 spiro atoms. The Morgan fingerprint density at radius 1 is 1.25 bits per heavy atom. The monoisotopic (exact) mass is 472 g/mol. The molecule has 1 saturated heterocycles. The summed E-state index contributed by atoms with van der Waals surface area (Å²) in [5.41, 5.74) is 0.707. The van der Waals surface area contributed by atoms with Gasteiger partial charge in [0.2, 0.25) is 5.91 Å². The number of hydrogen-bond acceptors (Lipinski definition) is 7. The number of fused-ring (bicyclic) bond motifs is 1. The molecule has 32 heavy (non-hydrogen) atoms. The second-order valence-electron chi connectivity index (χ2n) is 8.26. The van der Waals surface area contributed by atoms with Gasteiger partial charge in [0.1, 0.15) is 6.04 Å². The number of imide groups is 1. The summed E-state index contributed by atoms with van der Waals surface area (Å²) in [4.78, 5) is 48.1. The van der Waals surface area contributed by atoms with E-state index in [-0.39, 0.29) is 5.91 Å². The Kier molecular flexibility index (Phi) is 7.27. The van der Waals surface area contributed by atoms with E-state index in [1.54, 1.807) is 42.2 Å². The van der Waals surface area contributed by atoms with Gasteiger partial charge in [-0.15, -0.1) is 11.3 Å². The summed E-state index contributed by atoms with van der Waals surface area (Å²) in [5.74, 6) is -0.543. The van der Waals surface area contributed by atoms with Gasteiger partial charge in [-0.2, -0.15) is 11.8 Å². The van der Waals surface area contributed by atoms with Crippen molar-refractivity contribution in [3.05, 3.63) is 46.5 Å². The molecule has 1 aromatic carbocycles. The van der Waals surface area contributed by atoms with Crippen LogP contribution in [0, 0.1) is 0 Å². The van der Waals surface area contributed by atoms with E-state index in [2.05, 4.69) is 22.1 Å². The van der Waals surface area contributed by atoms with Crippen LogP contribution in [0.3, 0.4) is 0 Å². The molecule has 2 atom stereocenters. The zero-order valence-corrected chi connectivity index (χ0v) is 20.0. The molecule has 9 heteroatoms. The molecule has 3 heterocycles. The van der Waals surface area contributed by atoms with Gasteiger partial charge in [-0.25, -0.2) is 4.98 Å². The van der Waals surface area contributed by atoms with Crippen molar-refractivity contribution < 1.29 is 14.4 Å². The number of piperidine rings is 1. The molecule has 2 aliphatic rings. The predicted molar refractivity (Wildman–Crippen MR) is 128 cm³/mol. The highest BCUT2D eigenvalue weighted by Gasteiger charge is 2.42. The highest BCUT2D eigenvalue weighted by atomic mass is 32.2. The lowest BCUT2D eigenvalue weighted by atomic mass is 10.0. The molecule has 1 N–H and O–H groups in total. The summed E-state index contributed by atoms with van der Waals surface area (Å²) >= 11 is 3.03. The summed E-state index contributed by atoms with van der Waals surface area (Å²) in [6, 6.07) is 6.40. The maximum absolute atomic E-state index is 13.2. The van der Waals surface area contributed by atoms with Gasteiger partial charge >= 0.3 is 0 Å². The Morgan fingerprint density at radius 2 is 1.97 bits per heavy atom. The lowest BCUT2D eigenvalue weighted by molar-refractivity contribution is -0.120. The number of nitrogens with zero attached hydrogens (tertiary/aromatic N) is 3. The first-order chi connectivity index (χ1) is 15.5.